The van der Waals surface area contributed by atoms with Crippen LogP contribution in [0.15, 0.2) is 36.4 Å². The summed E-state index contributed by atoms with van der Waals surface area (Å²) in [6.07, 6.45) is 0. The van der Waals surface area contributed by atoms with Crippen LogP contribution in [0, 0.1) is 5.82 Å². The first-order valence-electron chi connectivity index (χ1n) is 4.83. The third-order valence-electron chi connectivity index (χ3n) is 2.20. The van der Waals surface area contributed by atoms with Gasteiger partial charge < -0.3 is 11.1 Å². The zero-order valence-electron chi connectivity index (χ0n) is 8.68. The second kappa shape index (κ2) is 4.82. The molecule has 2 rings (SSSR count). The fourth-order valence-electron chi connectivity index (χ4n) is 1.39. The molecular formula is C12H9Cl2FN2. The summed E-state index contributed by atoms with van der Waals surface area (Å²) in [4.78, 5) is 0. The molecule has 0 aromatic heterocycles. The highest BCUT2D eigenvalue weighted by Crippen LogP contribution is 2.29. The monoisotopic (exact) mass is 270 g/mol. The fourth-order valence-corrected chi connectivity index (χ4v) is 1.75. The Labute approximate surface area is 108 Å². The number of hydrogen-bond acceptors (Lipinski definition) is 2. The van der Waals surface area contributed by atoms with E-state index in [1.807, 2.05) is 6.07 Å². The number of anilines is 3. The summed E-state index contributed by atoms with van der Waals surface area (Å²) in [5.74, 6) is -0.541. The molecule has 0 spiro atoms. The van der Waals surface area contributed by atoms with Gasteiger partial charge in [-0.15, -0.1) is 0 Å². The molecule has 0 saturated heterocycles. The molecule has 0 heterocycles. The van der Waals surface area contributed by atoms with Gasteiger partial charge in [0.1, 0.15) is 5.82 Å². The molecule has 0 saturated carbocycles. The van der Waals surface area contributed by atoms with Gasteiger partial charge in [0.2, 0.25) is 0 Å². The van der Waals surface area contributed by atoms with E-state index in [0.29, 0.717) is 10.7 Å². The van der Waals surface area contributed by atoms with Gasteiger partial charge >= 0.3 is 0 Å². The van der Waals surface area contributed by atoms with E-state index >= 15 is 0 Å². The highest BCUT2D eigenvalue weighted by atomic mass is 35.5. The van der Waals surface area contributed by atoms with Crippen LogP contribution in [0.4, 0.5) is 21.5 Å². The topological polar surface area (TPSA) is 38.0 Å². The zero-order valence-corrected chi connectivity index (χ0v) is 10.2. The SMILES string of the molecule is Nc1cc(F)c(Cl)cc1Nc1cccc(Cl)c1. The van der Waals surface area contributed by atoms with Crippen molar-refractivity contribution in [2.75, 3.05) is 11.1 Å². The van der Waals surface area contributed by atoms with Crippen molar-refractivity contribution in [3.05, 3.63) is 52.3 Å². The van der Waals surface area contributed by atoms with E-state index in [9.17, 15) is 4.39 Å². The number of halogens is 3. The number of nitrogens with two attached hydrogens (primary N) is 1. The average molecular weight is 271 g/mol. The molecule has 88 valence electrons. The van der Waals surface area contributed by atoms with Crippen molar-refractivity contribution in [1.82, 2.24) is 0 Å². The fraction of sp³-hybridized carbons (Fsp3) is 0. The predicted octanol–water partition coefficient (Wildman–Crippen LogP) is 4.46. The lowest BCUT2D eigenvalue weighted by Gasteiger charge is -2.10. The maximum absolute atomic E-state index is 13.1. The van der Waals surface area contributed by atoms with Crippen LogP contribution in [-0.2, 0) is 0 Å². The van der Waals surface area contributed by atoms with Crippen LogP contribution in [0.5, 0.6) is 0 Å². The van der Waals surface area contributed by atoms with Gasteiger partial charge in [0.25, 0.3) is 0 Å². The number of nitrogens with one attached hydrogen (secondary N) is 1. The molecule has 0 atom stereocenters. The smallest absolute Gasteiger partial charge is 0.143 e. The van der Waals surface area contributed by atoms with Gasteiger partial charge in [0.05, 0.1) is 16.4 Å². The first-order valence-corrected chi connectivity index (χ1v) is 5.59. The van der Waals surface area contributed by atoms with E-state index in [0.717, 1.165) is 5.69 Å². The van der Waals surface area contributed by atoms with Crippen molar-refractivity contribution in [2.24, 2.45) is 0 Å². The molecule has 2 nitrogen and oxygen atoms in total. The van der Waals surface area contributed by atoms with Gasteiger partial charge in [-0.05, 0) is 24.3 Å². The molecule has 2 aromatic rings. The summed E-state index contributed by atoms with van der Waals surface area (Å²) in [6.45, 7) is 0. The minimum absolute atomic E-state index is 0.0173. The van der Waals surface area contributed by atoms with Crippen molar-refractivity contribution in [1.29, 1.82) is 0 Å². The van der Waals surface area contributed by atoms with Gasteiger partial charge in [0, 0.05) is 16.8 Å². The summed E-state index contributed by atoms with van der Waals surface area (Å²) in [5, 5.41) is 3.64. The van der Waals surface area contributed by atoms with E-state index in [-0.39, 0.29) is 10.7 Å². The third kappa shape index (κ3) is 2.81. The number of benzene rings is 2. The molecule has 5 heteroatoms. The van der Waals surface area contributed by atoms with Crippen LogP contribution in [0.2, 0.25) is 10.0 Å². The van der Waals surface area contributed by atoms with Gasteiger partial charge in [-0.3, -0.25) is 0 Å². The predicted molar refractivity (Wildman–Crippen MR) is 70.6 cm³/mol. The van der Waals surface area contributed by atoms with Crippen molar-refractivity contribution in [3.63, 3.8) is 0 Å². The Kier molecular flexibility index (Phi) is 3.41. The van der Waals surface area contributed by atoms with Crippen LogP contribution in [0.25, 0.3) is 0 Å². The Bertz CT molecular complexity index is 558. The molecule has 0 bridgehead atoms. The first-order chi connectivity index (χ1) is 8.06. The van der Waals surface area contributed by atoms with Crippen molar-refractivity contribution < 1.29 is 4.39 Å². The van der Waals surface area contributed by atoms with Crippen molar-refractivity contribution >= 4 is 40.3 Å². The van der Waals surface area contributed by atoms with Gasteiger partial charge in [0.15, 0.2) is 0 Å². The van der Waals surface area contributed by atoms with E-state index in [1.54, 1.807) is 18.2 Å². The molecule has 0 unspecified atom stereocenters. The zero-order chi connectivity index (χ0) is 12.4. The largest absolute Gasteiger partial charge is 0.397 e. The Balaban J connectivity index is 2.33. The van der Waals surface area contributed by atoms with Crippen molar-refractivity contribution in [3.8, 4) is 0 Å². The van der Waals surface area contributed by atoms with E-state index in [2.05, 4.69) is 5.32 Å². The highest BCUT2D eigenvalue weighted by Gasteiger charge is 2.06. The molecule has 2 aromatic carbocycles. The van der Waals surface area contributed by atoms with Gasteiger partial charge in [-0.2, -0.15) is 0 Å². The van der Waals surface area contributed by atoms with Gasteiger partial charge in [-0.25, -0.2) is 4.39 Å². The third-order valence-corrected chi connectivity index (χ3v) is 2.72. The normalized spacial score (nSPS) is 10.3. The highest BCUT2D eigenvalue weighted by molar-refractivity contribution is 6.31. The summed E-state index contributed by atoms with van der Waals surface area (Å²) >= 11 is 11.5. The second-order valence-corrected chi connectivity index (χ2v) is 4.33. The maximum Gasteiger partial charge on any atom is 0.143 e. The van der Waals surface area contributed by atoms with Crippen molar-refractivity contribution in [2.45, 2.75) is 0 Å². The van der Waals surface area contributed by atoms with E-state index in [4.69, 9.17) is 28.9 Å². The molecule has 0 fully saturated rings. The molecule has 17 heavy (non-hydrogen) atoms. The summed E-state index contributed by atoms with van der Waals surface area (Å²) in [6, 6.07) is 9.73. The van der Waals surface area contributed by atoms with Crippen LogP contribution in [-0.4, -0.2) is 0 Å². The lowest BCUT2D eigenvalue weighted by molar-refractivity contribution is 0.629. The van der Waals surface area contributed by atoms with Crippen LogP contribution in [0.1, 0.15) is 0 Å². The standard InChI is InChI=1S/C12H9Cl2FN2/c13-7-2-1-3-8(4-7)17-12-5-9(14)10(15)6-11(12)16/h1-6,17H,16H2. The molecule has 0 aliphatic rings. The number of nitrogen functional groups attached to an aromatic ring is 1. The Morgan fingerprint density at radius 1 is 1.12 bits per heavy atom. The Hall–Kier alpha value is -1.45. The van der Waals surface area contributed by atoms with Gasteiger partial charge in [-0.1, -0.05) is 29.3 Å². The molecule has 0 aliphatic carbocycles. The quantitative estimate of drug-likeness (QED) is 0.791. The molecule has 0 amide bonds. The summed E-state index contributed by atoms with van der Waals surface area (Å²) in [7, 11) is 0. The van der Waals surface area contributed by atoms with Crippen LogP contribution < -0.4 is 11.1 Å². The average Bonchev–Trinajstić information content (AvgIpc) is 2.26. The van der Waals surface area contributed by atoms with Crippen LogP contribution in [0.3, 0.4) is 0 Å². The minimum Gasteiger partial charge on any atom is -0.397 e. The van der Waals surface area contributed by atoms with Crippen LogP contribution >= 0.6 is 23.2 Å². The summed E-state index contributed by atoms with van der Waals surface area (Å²) < 4.78 is 13.1. The van der Waals surface area contributed by atoms with E-state index in [1.165, 1.54) is 12.1 Å². The molecule has 3 N–H and O–H groups in total. The Morgan fingerprint density at radius 3 is 2.59 bits per heavy atom. The second-order valence-electron chi connectivity index (χ2n) is 3.49. The number of hydrogen-bond donors (Lipinski definition) is 2. The van der Waals surface area contributed by atoms with E-state index < -0.39 is 5.82 Å². The summed E-state index contributed by atoms with van der Waals surface area (Å²) in [5.41, 5.74) is 7.26. The minimum atomic E-state index is -0.541. The maximum atomic E-state index is 13.1. The lowest BCUT2D eigenvalue weighted by Crippen LogP contribution is -1.97. The first kappa shape index (κ1) is 12.0. The molecule has 0 radical (unpaired) electrons. The number of rotatable bonds is 2. The molecule has 0 aliphatic heterocycles. The Morgan fingerprint density at radius 2 is 1.88 bits per heavy atom. The molecular weight excluding hydrogens is 262 g/mol. The lowest BCUT2D eigenvalue weighted by atomic mass is 10.2.